The standard InChI is InChI=1S/C25H29N3O4/c1-30-21-13-17(14-22(31-2)25(21)32-3)15-24(29)26-23-16-20(18-9-7-8-10-18)27-28(23)19-11-5-4-6-12-19/h4-6,11-14,16,18H,7-10,15H2,1-3H3,(H,26,29). The van der Waals surface area contributed by atoms with Crippen LogP contribution < -0.4 is 19.5 Å². The largest absolute Gasteiger partial charge is 0.493 e. The Morgan fingerprint density at radius 2 is 1.66 bits per heavy atom. The molecule has 1 N–H and O–H groups in total. The van der Waals surface area contributed by atoms with Gasteiger partial charge in [-0.15, -0.1) is 0 Å². The highest BCUT2D eigenvalue weighted by Crippen LogP contribution is 2.38. The Morgan fingerprint density at radius 1 is 1.00 bits per heavy atom. The number of carbonyl (C=O) groups excluding carboxylic acids is 1. The van der Waals surface area contributed by atoms with Crippen molar-refractivity contribution in [1.29, 1.82) is 0 Å². The van der Waals surface area contributed by atoms with E-state index in [0.29, 0.717) is 29.0 Å². The van der Waals surface area contributed by atoms with Gasteiger partial charge in [0.1, 0.15) is 5.82 Å². The molecular weight excluding hydrogens is 406 g/mol. The van der Waals surface area contributed by atoms with E-state index in [1.54, 1.807) is 33.5 Å². The first-order valence-electron chi connectivity index (χ1n) is 10.9. The zero-order valence-corrected chi connectivity index (χ0v) is 18.8. The van der Waals surface area contributed by atoms with E-state index in [2.05, 4.69) is 5.32 Å². The van der Waals surface area contributed by atoms with Gasteiger partial charge in [-0.1, -0.05) is 31.0 Å². The third-order valence-corrected chi connectivity index (χ3v) is 5.86. The second-order valence-corrected chi connectivity index (χ2v) is 7.94. The van der Waals surface area contributed by atoms with E-state index in [1.165, 1.54) is 12.8 Å². The summed E-state index contributed by atoms with van der Waals surface area (Å²) in [5.41, 5.74) is 2.72. The van der Waals surface area contributed by atoms with E-state index >= 15 is 0 Å². The van der Waals surface area contributed by atoms with E-state index < -0.39 is 0 Å². The number of carbonyl (C=O) groups is 1. The molecule has 7 nitrogen and oxygen atoms in total. The molecule has 1 amide bonds. The summed E-state index contributed by atoms with van der Waals surface area (Å²) in [5.74, 6) is 2.53. The minimum atomic E-state index is -0.144. The van der Waals surface area contributed by atoms with Crippen LogP contribution in [0.3, 0.4) is 0 Å². The predicted molar refractivity (Wildman–Crippen MR) is 123 cm³/mol. The maximum Gasteiger partial charge on any atom is 0.229 e. The summed E-state index contributed by atoms with van der Waals surface area (Å²) >= 11 is 0. The highest BCUT2D eigenvalue weighted by atomic mass is 16.5. The van der Waals surface area contributed by atoms with E-state index in [9.17, 15) is 4.79 Å². The van der Waals surface area contributed by atoms with Crippen LogP contribution in [0.4, 0.5) is 5.82 Å². The molecule has 2 aromatic carbocycles. The molecule has 4 rings (SSSR count). The normalized spacial score (nSPS) is 13.7. The van der Waals surface area contributed by atoms with Crippen LogP contribution >= 0.6 is 0 Å². The summed E-state index contributed by atoms with van der Waals surface area (Å²) in [7, 11) is 4.67. The first-order valence-corrected chi connectivity index (χ1v) is 10.9. The van der Waals surface area contributed by atoms with Gasteiger partial charge in [-0.2, -0.15) is 5.10 Å². The van der Waals surface area contributed by atoms with Crippen molar-refractivity contribution in [1.82, 2.24) is 9.78 Å². The first kappa shape index (κ1) is 21.7. The van der Waals surface area contributed by atoms with E-state index in [-0.39, 0.29) is 12.3 Å². The summed E-state index contributed by atoms with van der Waals surface area (Å²) < 4.78 is 18.0. The molecule has 168 valence electrons. The quantitative estimate of drug-likeness (QED) is 0.553. The Labute approximate surface area is 188 Å². The molecule has 0 spiro atoms. The summed E-state index contributed by atoms with van der Waals surface area (Å²) in [6.07, 6.45) is 4.90. The van der Waals surface area contributed by atoms with Gasteiger partial charge < -0.3 is 19.5 Å². The van der Waals surface area contributed by atoms with Crippen molar-refractivity contribution >= 4 is 11.7 Å². The number of para-hydroxylation sites is 1. The molecule has 1 aliphatic carbocycles. The zero-order chi connectivity index (χ0) is 22.5. The van der Waals surface area contributed by atoms with Crippen molar-refractivity contribution in [3.63, 3.8) is 0 Å². The van der Waals surface area contributed by atoms with Crippen molar-refractivity contribution in [2.75, 3.05) is 26.6 Å². The molecule has 0 atom stereocenters. The fraction of sp³-hybridized carbons (Fsp3) is 0.360. The summed E-state index contributed by atoms with van der Waals surface area (Å²) in [4.78, 5) is 13.0. The minimum absolute atomic E-state index is 0.144. The number of anilines is 1. The second kappa shape index (κ2) is 9.77. The van der Waals surface area contributed by atoms with E-state index in [1.807, 2.05) is 41.1 Å². The van der Waals surface area contributed by atoms with Gasteiger partial charge in [-0.3, -0.25) is 4.79 Å². The minimum Gasteiger partial charge on any atom is -0.493 e. The summed E-state index contributed by atoms with van der Waals surface area (Å²) in [5, 5.41) is 7.90. The molecule has 0 radical (unpaired) electrons. The Bertz CT molecular complexity index is 1050. The number of amides is 1. The van der Waals surface area contributed by atoms with Gasteiger partial charge in [-0.25, -0.2) is 4.68 Å². The van der Waals surface area contributed by atoms with Gasteiger partial charge in [0.15, 0.2) is 11.5 Å². The summed E-state index contributed by atoms with van der Waals surface area (Å²) in [6, 6.07) is 15.5. The molecule has 1 aliphatic rings. The van der Waals surface area contributed by atoms with Crippen LogP contribution in [0.15, 0.2) is 48.5 Å². The number of hydrogen-bond donors (Lipinski definition) is 1. The molecule has 0 unspecified atom stereocenters. The molecule has 7 heteroatoms. The van der Waals surface area contributed by atoms with Crippen molar-refractivity contribution in [2.45, 2.75) is 38.0 Å². The number of nitrogens with one attached hydrogen (secondary N) is 1. The van der Waals surface area contributed by atoms with Crippen LogP contribution in [-0.2, 0) is 11.2 Å². The van der Waals surface area contributed by atoms with Gasteiger partial charge in [0.05, 0.1) is 39.1 Å². The van der Waals surface area contributed by atoms with Crippen molar-refractivity contribution < 1.29 is 19.0 Å². The lowest BCUT2D eigenvalue weighted by molar-refractivity contribution is -0.115. The summed E-state index contributed by atoms with van der Waals surface area (Å²) in [6.45, 7) is 0. The van der Waals surface area contributed by atoms with E-state index in [0.717, 1.165) is 29.8 Å². The first-order chi connectivity index (χ1) is 15.6. The van der Waals surface area contributed by atoms with Gasteiger partial charge in [0.25, 0.3) is 0 Å². The number of ether oxygens (including phenoxy) is 3. The Morgan fingerprint density at radius 3 is 2.25 bits per heavy atom. The van der Waals surface area contributed by atoms with Crippen molar-refractivity contribution in [2.24, 2.45) is 0 Å². The third kappa shape index (κ3) is 4.56. The lowest BCUT2D eigenvalue weighted by Crippen LogP contribution is -2.17. The Balaban J connectivity index is 1.59. The number of methoxy groups -OCH3 is 3. The van der Waals surface area contributed by atoms with Gasteiger partial charge in [-0.05, 0) is 42.7 Å². The molecular formula is C25H29N3O4. The van der Waals surface area contributed by atoms with Crippen LogP contribution in [0, 0.1) is 0 Å². The van der Waals surface area contributed by atoms with Crippen molar-refractivity contribution in [3.05, 3.63) is 59.8 Å². The molecule has 3 aromatic rings. The number of rotatable bonds is 8. The average molecular weight is 436 g/mol. The Kier molecular flexibility index (Phi) is 6.63. The van der Waals surface area contributed by atoms with Crippen LogP contribution in [0.2, 0.25) is 0 Å². The molecule has 0 aliphatic heterocycles. The number of hydrogen-bond acceptors (Lipinski definition) is 5. The lowest BCUT2D eigenvalue weighted by atomic mass is 10.0. The number of nitrogens with zero attached hydrogens (tertiary/aromatic N) is 2. The molecule has 1 aromatic heterocycles. The SMILES string of the molecule is COc1cc(CC(=O)Nc2cc(C3CCCC3)nn2-c2ccccc2)cc(OC)c1OC. The van der Waals surface area contributed by atoms with Gasteiger partial charge in [0, 0.05) is 12.0 Å². The smallest absolute Gasteiger partial charge is 0.229 e. The highest BCUT2D eigenvalue weighted by molar-refractivity contribution is 5.92. The fourth-order valence-corrected chi connectivity index (χ4v) is 4.29. The lowest BCUT2D eigenvalue weighted by Gasteiger charge is -2.14. The average Bonchev–Trinajstić information content (AvgIpc) is 3.49. The van der Waals surface area contributed by atoms with Gasteiger partial charge >= 0.3 is 0 Å². The van der Waals surface area contributed by atoms with E-state index in [4.69, 9.17) is 19.3 Å². The van der Waals surface area contributed by atoms with Crippen LogP contribution in [0.1, 0.15) is 42.9 Å². The molecule has 32 heavy (non-hydrogen) atoms. The second-order valence-electron chi connectivity index (χ2n) is 7.94. The molecule has 1 heterocycles. The van der Waals surface area contributed by atoms with Crippen molar-refractivity contribution in [3.8, 4) is 22.9 Å². The molecule has 0 bridgehead atoms. The third-order valence-electron chi connectivity index (χ3n) is 5.86. The maximum atomic E-state index is 13.0. The monoisotopic (exact) mass is 435 g/mol. The maximum absolute atomic E-state index is 13.0. The molecule has 1 fully saturated rings. The highest BCUT2D eigenvalue weighted by Gasteiger charge is 2.23. The predicted octanol–water partition coefficient (Wildman–Crippen LogP) is 4.74. The zero-order valence-electron chi connectivity index (χ0n) is 18.8. The van der Waals surface area contributed by atoms with Crippen LogP contribution in [0.25, 0.3) is 5.69 Å². The van der Waals surface area contributed by atoms with Crippen LogP contribution in [0.5, 0.6) is 17.2 Å². The fourth-order valence-electron chi connectivity index (χ4n) is 4.29. The van der Waals surface area contributed by atoms with Gasteiger partial charge in [0.2, 0.25) is 11.7 Å². The van der Waals surface area contributed by atoms with Crippen LogP contribution in [-0.4, -0.2) is 37.0 Å². The topological polar surface area (TPSA) is 74.6 Å². The molecule has 1 saturated carbocycles. The molecule has 0 saturated heterocycles. The number of aromatic nitrogens is 2. The Hall–Kier alpha value is -3.48. The number of benzene rings is 2.